The van der Waals surface area contributed by atoms with Crippen LogP contribution in [0.5, 0.6) is 0 Å². The smallest absolute Gasteiger partial charge is 0.0575 e. The summed E-state index contributed by atoms with van der Waals surface area (Å²) in [5.74, 6) is 0. The van der Waals surface area contributed by atoms with E-state index in [0.717, 1.165) is 5.02 Å². The van der Waals surface area contributed by atoms with Crippen molar-refractivity contribution in [3.05, 3.63) is 64.9 Å². The molecular weight excluding hydrogens is 220 g/mol. The van der Waals surface area contributed by atoms with Gasteiger partial charge in [0.1, 0.15) is 0 Å². The number of pyridine rings is 1. The summed E-state index contributed by atoms with van der Waals surface area (Å²) in [6, 6.07) is 12.1. The van der Waals surface area contributed by atoms with Crippen molar-refractivity contribution in [2.24, 2.45) is 0 Å². The van der Waals surface area contributed by atoms with Crippen LogP contribution in [0.4, 0.5) is 0 Å². The van der Waals surface area contributed by atoms with Gasteiger partial charge in [0.05, 0.1) is 6.04 Å². The minimum atomic E-state index is 0.181. The average Bonchev–Trinajstić information content (AvgIpc) is 2.34. The predicted octanol–water partition coefficient (Wildman–Crippen LogP) is 3.04. The number of aromatic nitrogens is 1. The van der Waals surface area contributed by atoms with Crippen LogP contribution in [0.3, 0.4) is 0 Å². The van der Waals surface area contributed by atoms with Gasteiger partial charge in [0.15, 0.2) is 0 Å². The van der Waals surface area contributed by atoms with E-state index in [1.54, 1.807) is 12.4 Å². The van der Waals surface area contributed by atoms with Gasteiger partial charge in [0.25, 0.3) is 0 Å². The van der Waals surface area contributed by atoms with Gasteiger partial charge in [-0.15, -0.1) is 0 Å². The van der Waals surface area contributed by atoms with Crippen LogP contribution in [-0.2, 0) is 0 Å². The molecule has 16 heavy (non-hydrogen) atoms. The van der Waals surface area contributed by atoms with E-state index in [4.69, 9.17) is 11.6 Å². The van der Waals surface area contributed by atoms with Gasteiger partial charge in [-0.25, -0.2) is 0 Å². The molecule has 1 atom stereocenters. The molecule has 1 heterocycles. The summed E-state index contributed by atoms with van der Waals surface area (Å²) in [5, 5.41) is 4.04. The summed E-state index contributed by atoms with van der Waals surface area (Å²) in [5.41, 5.74) is 2.39. The largest absolute Gasteiger partial charge is 0.309 e. The van der Waals surface area contributed by atoms with Crippen molar-refractivity contribution in [2.75, 3.05) is 7.05 Å². The highest BCUT2D eigenvalue weighted by molar-refractivity contribution is 6.30. The molecule has 1 aromatic heterocycles. The third kappa shape index (κ3) is 2.40. The summed E-state index contributed by atoms with van der Waals surface area (Å²) in [6.45, 7) is 0. The quantitative estimate of drug-likeness (QED) is 0.880. The van der Waals surface area contributed by atoms with E-state index in [-0.39, 0.29) is 6.04 Å². The summed E-state index contributed by atoms with van der Waals surface area (Å²) in [4.78, 5) is 4.02. The standard InChI is InChI=1S/C13H13ClN2/c1-15-13(11-6-8-16-9-7-11)10-2-4-12(14)5-3-10/h2-9,13,15H,1H3. The maximum Gasteiger partial charge on any atom is 0.0575 e. The van der Waals surface area contributed by atoms with Crippen LogP contribution >= 0.6 is 11.6 Å². The van der Waals surface area contributed by atoms with Crippen molar-refractivity contribution in [1.82, 2.24) is 10.3 Å². The second kappa shape index (κ2) is 5.10. The highest BCUT2D eigenvalue weighted by Gasteiger charge is 2.10. The molecule has 1 N–H and O–H groups in total. The Hall–Kier alpha value is -1.38. The minimum absolute atomic E-state index is 0.181. The predicted molar refractivity (Wildman–Crippen MR) is 66.6 cm³/mol. The maximum atomic E-state index is 5.88. The molecule has 0 spiro atoms. The number of nitrogens with zero attached hydrogens (tertiary/aromatic N) is 1. The van der Waals surface area contributed by atoms with Crippen LogP contribution in [0, 0.1) is 0 Å². The molecule has 2 rings (SSSR count). The van der Waals surface area contributed by atoms with Crippen molar-refractivity contribution in [3.8, 4) is 0 Å². The lowest BCUT2D eigenvalue weighted by Gasteiger charge is -2.16. The summed E-state index contributed by atoms with van der Waals surface area (Å²) < 4.78 is 0. The van der Waals surface area contributed by atoms with E-state index in [1.807, 2.05) is 43.4 Å². The SMILES string of the molecule is CNC(c1ccncc1)c1ccc(Cl)cc1. The van der Waals surface area contributed by atoms with Crippen LogP contribution < -0.4 is 5.32 Å². The normalized spacial score (nSPS) is 12.4. The van der Waals surface area contributed by atoms with Crippen LogP contribution in [0.2, 0.25) is 5.02 Å². The number of hydrogen-bond acceptors (Lipinski definition) is 2. The molecule has 1 aromatic carbocycles. The first-order chi connectivity index (χ1) is 7.81. The number of benzene rings is 1. The molecular formula is C13H13ClN2. The molecule has 0 saturated heterocycles. The van der Waals surface area contributed by atoms with Gasteiger partial charge >= 0.3 is 0 Å². The lowest BCUT2D eigenvalue weighted by Crippen LogP contribution is -2.17. The second-order valence-electron chi connectivity index (χ2n) is 3.55. The molecule has 0 amide bonds. The Morgan fingerprint density at radius 3 is 2.12 bits per heavy atom. The minimum Gasteiger partial charge on any atom is -0.309 e. The van der Waals surface area contributed by atoms with Crippen molar-refractivity contribution in [2.45, 2.75) is 6.04 Å². The number of nitrogens with one attached hydrogen (secondary N) is 1. The first-order valence-corrected chi connectivity index (χ1v) is 5.51. The molecule has 2 aromatic rings. The van der Waals surface area contributed by atoms with Gasteiger partial charge in [-0.1, -0.05) is 23.7 Å². The molecule has 0 fully saturated rings. The zero-order valence-electron chi connectivity index (χ0n) is 9.02. The molecule has 0 aliphatic heterocycles. The van der Waals surface area contributed by atoms with E-state index in [1.165, 1.54) is 11.1 Å². The number of halogens is 1. The van der Waals surface area contributed by atoms with Crippen molar-refractivity contribution < 1.29 is 0 Å². The number of rotatable bonds is 3. The van der Waals surface area contributed by atoms with E-state index >= 15 is 0 Å². The van der Waals surface area contributed by atoms with Crippen LogP contribution in [0.1, 0.15) is 17.2 Å². The zero-order valence-corrected chi connectivity index (χ0v) is 9.78. The average molecular weight is 233 g/mol. The van der Waals surface area contributed by atoms with E-state index in [9.17, 15) is 0 Å². The Bertz CT molecular complexity index is 439. The molecule has 0 saturated carbocycles. The van der Waals surface area contributed by atoms with Gasteiger partial charge in [-0.05, 0) is 42.4 Å². The van der Waals surface area contributed by atoms with E-state index < -0.39 is 0 Å². The number of hydrogen-bond donors (Lipinski definition) is 1. The summed E-state index contributed by atoms with van der Waals surface area (Å²) >= 11 is 5.88. The highest BCUT2D eigenvalue weighted by Crippen LogP contribution is 2.22. The fourth-order valence-corrected chi connectivity index (χ4v) is 1.86. The molecule has 3 heteroatoms. The van der Waals surface area contributed by atoms with E-state index in [0.29, 0.717) is 0 Å². The van der Waals surface area contributed by atoms with Crippen LogP contribution in [0.25, 0.3) is 0 Å². The summed E-state index contributed by atoms with van der Waals surface area (Å²) in [7, 11) is 1.94. The third-order valence-corrected chi connectivity index (χ3v) is 2.78. The van der Waals surface area contributed by atoms with Gasteiger partial charge in [-0.3, -0.25) is 4.98 Å². The van der Waals surface area contributed by atoms with Crippen molar-refractivity contribution >= 4 is 11.6 Å². The van der Waals surface area contributed by atoms with Crippen LogP contribution in [-0.4, -0.2) is 12.0 Å². The van der Waals surface area contributed by atoms with Gasteiger partial charge < -0.3 is 5.32 Å². The van der Waals surface area contributed by atoms with Crippen LogP contribution in [0.15, 0.2) is 48.8 Å². The monoisotopic (exact) mass is 232 g/mol. The lowest BCUT2D eigenvalue weighted by molar-refractivity contribution is 0.691. The van der Waals surface area contributed by atoms with Gasteiger partial charge in [0, 0.05) is 17.4 Å². The Labute approximate surface area is 100 Å². The Morgan fingerprint density at radius 1 is 1.00 bits per heavy atom. The van der Waals surface area contributed by atoms with E-state index in [2.05, 4.69) is 10.3 Å². The fraction of sp³-hybridized carbons (Fsp3) is 0.154. The first-order valence-electron chi connectivity index (χ1n) is 5.14. The molecule has 0 aliphatic rings. The Balaban J connectivity index is 2.33. The molecule has 2 nitrogen and oxygen atoms in total. The molecule has 0 radical (unpaired) electrons. The Kier molecular flexibility index (Phi) is 3.54. The van der Waals surface area contributed by atoms with Crippen molar-refractivity contribution in [3.63, 3.8) is 0 Å². The maximum absolute atomic E-state index is 5.88. The molecule has 1 unspecified atom stereocenters. The lowest BCUT2D eigenvalue weighted by atomic mass is 10.0. The zero-order chi connectivity index (χ0) is 11.4. The van der Waals surface area contributed by atoms with Crippen molar-refractivity contribution in [1.29, 1.82) is 0 Å². The highest BCUT2D eigenvalue weighted by atomic mass is 35.5. The Morgan fingerprint density at radius 2 is 1.56 bits per heavy atom. The van der Waals surface area contributed by atoms with Gasteiger partial charge in [-0.2, -0.15) is 0 Å². The fourth-order valence-electron chi connectivity index (χ4n) is 1.74. The topological polar surface area (TPSA) is 24.9 Å². The third-order valence-electron chi connectivity index (χ3n) is 2.53. The molecule has 0 aliphatic carbocycles. The van der Waals surface area contributed by atoms with Gasteiger partial charge in [0.2, 0.25) is 0 Å². The summed E-state index contributed by atoms with van der Waals surface area (Å²) in [6.07, 6.45) is 3.60. The molecule has 0 bridgehead atoms. The second-order valence-corrected chi connectivity index (χ2v) is 3.99. The first kappa shape index (κ1) is 11.1. The molecule has 82 valence electrons.